The van der Waals surface area contributed by atoms with E-state index in [0.717, 1.165) is 18.1 Å². The summed E-state index contributed by atoms with van der Waals surface area (Å²) in [6.45, 7) is 0. The van der Waals surface area contributed by atoms with Gasteiger partial charge in [-0.25, -0.2) is 17.5 Å². The van der Waals surface area contributed by atoms with Gasteiger partial charge in [0.25, 0.3) is 0 Å². The normalized spacial score (nSPS) is 18.4. The van der Waals surface area contributed by atoms with Gasteiger partial charge < -0.3 is 5.32 Å². The Morgan fingerprint density at radius 2 is 1.81 bits per heavy atom. The number of anilines is 1. The van der Waals surface area contributed by atoms with Gasteiger partial charge in [-0.2, -0.15) is 0 Å². The maximum atomic E-state index is 14.6. The van der Waals surface area contributed by atoms with Crippen molar-refractivity contribution in [3.63, 3.8) is 0 Å². The summed E-state index contributed by atoms with van der Waals surface area (Å²) >= 11 is 5.93. The van der Waals surface area contributed by atoms with Gasteiger partial charge in [0, 0.05) is 17.1 Å². The van der Waals surface area contributed by atoms with Crippen LogP contribution in [0.5, 0.6) is 0 Å². The third-order valence-corrected chi connectivity index (χ3v) is 7.08. The van der Waals surface area contributed by atoms with E-state index in [1.165, 1.54) is 6.07 Å². The summed E-state index contributed by atoms with van der Waals surface area (Å²) in [7, 11) is -4.09. The summed E-state index contributed by atoms with van der Waals surface area (Å²) < 4.78 is 43.3. The maximum absolute atomic E-state index is 14.6. The van der Waals surface area contributed by atoms with E-state index in [2.05, 4.69) is 10.0 Å². The lowest BCUT2D eigenvalue weighted by Gasteiger charge is -2.42. The summed E-state index contributed by atoms with van der Waals surface area (Å²) in [5.74, 6) is -1.08. The van der Waals surface area contributed by atoms with Gasteiger partial charge >= 0.3 is 0 Å². The lowest BCUT2D eigenvalue weighted by Crippen LogP contribution is -2.50. The number of aryl methyl sites for hydroxylation is 1. The number of nitrogens with one attached hydrogen (secondary N) is 2. The van der Waals surface area contributed by atoms with Crippen molar-refractivity contribution in [1.29, 1.82) is 0 Å². The van der Waals surface area contributed by atoms with Crippen LogP contribution in [-0.2, 0) is 26.8 Å². The predicted octanol–water partition coefficient (Wildman–Crippen LogP) is 3.72. The molecule has 5 nitrogen and oxygen atoms in total. The molecule has 8 heteroatoms. The summed E-state index contributed by atoms with van der Waals surface area (Å²) in [5, 5.41) is 3.14. The minimum Gasteiger partial charge on any atom is -0.326 e. The van der Waals surface area contributed by atoms with Crippen LogP contribution < -0.4 is 10.0 Å². The zero-order valence-electron chi connectivity index (χ0n) is 14.4. The quantitative estimate of drug-likeness (QED) is 0.809. The van der Waals surface area contributed by atoms with E-state index in [1.54, 1.807) is 24.3 Å². The Morgan fingerprint density at radius 3 is 2.44 bits per heavy atom. The number of fused-ring (bicyclic) bond motifs is 1. The summed E-state index contributed by atoms with van der Waals surface area (Å²) in [6, 6.07) is 9.42. The summed E-state index contributed by atoms with van der Waals surface area (Å²) in [6.07, 6.45) is 2.78. The summed E-state index contributed by atoms with van der Waals surface area (Å²) in [4.78, 5) is 11.1. The molecule has 2 N–H and O–H groups in total. The van der Waals surface area contributed by atoms with E-state index in [0.29, 0.717) is 35.5 Å². The SMILES string of the molecule is O=C1CCc2cc(S(=O)(=O)NC3(c4ccc(Cl)cc4)CCC3)c(F)cc2N1. The molecular formula is C19H18ClFN2O3S. The first-order chi connectivity index (χ1) is 12.8. The maximum Gasteiger partial charge on any atom is 0.244 e. The second kappa shape index (κ2) is 6.58. The molecule has 0 saturated heterocycles. The Balaban J connectivity index is 1.69. The van der Waals surface area contributed by atoms with E-state index >= 15 is 0 Å². The number of halogens is 2. The zero-order chi connectivity index (χ0) is 19.2. The third kappa shape index (κ3) is 3.35. The van der Waals surface area contributed by atoms with Gasteiger partial charge in [-0.1, -0.05) is 23.7 Å². The number of carbonyl (C=O) groups excluding carboxylic acids is 1. The molecule has 0 spiro atoms. The number of amides is 1. The van der Waals surface area contributed by atoms with E-state index in [-0.39, 0.29) is 12.3 Å². The van der Waals surface area contributed by atoms with E-state index < -0.39 is 26.3 Å². The minimum atomic E-state index is -4.09. The van der Waals surface area contributed by atoms with Crippen LogP contribution in [0.15, 0.2) is 41.3 Å². The fourth-order valence-electron chi connectivity index (χ4n) is 3.65. The smallest absolute Gasteiger partial charge is 0.244 e. The fraction of sp³-hybridized carbons (Fsp3) is 0.316. The van der Waals surface area contributed by atoms with Crippen molar-refractivity contribution >= 4 is 33.2 Å². The highest BCUT2D eigenvalue weighted by Crippen LogP contribution is 2.43. The molecule has 2 aromatic carbocycles. The second-order valence-corrected chi connectivity index (χ2v) is 9.12. The number of sulfonamides is 1. The molecular weight excluding hydrogens is 391 g/mol. The Morgan fingerprint density at radius 1 is 1.11 bits per heavy atom. The molecule has 1 aliphatic heterocycles. The van der Waals surface area contributed by atoms with Crippen molar-refractivity contribution in [2.45, 2.75) is 42.5 Å². The first-order valence-electron chi connectivity index (χ1n) is 8.71. The van der Waals surface area contributed by atoms with Crippen molar-refractivity contribution in [3.8, 4) is 0 Å². The average Bonchev–Trinajstić information content (AvgIpc) is 2.58. The lowest BCUT2D eigenvalue weighted by atomic mass is 9.73. The molecule has 4 rings (SSSR count). The number of carbonyl (C=O) groups is 1. The molecule has 0 radical (unpaired) electrons. The summed E-state index contributed by atoms with van der Waals surface area (Å²) in [5.41, 5.74) is 1.01. The molecule has 0 unspecified atom stereocenters. The van der Waals surface area contributed by atoms with Crippen molar-refractivity contribution < 1.29 is 17.6 Å². The lowest BCUT2D eigenvalue weighted by molar-refractivity contribution is -0.116. The van der Waals surface area contributed by atoms with Crippen molar-refractivity contribution in [1.82, 2.24) is 4.72 Å². The van der Waals surface area contributed by atoms with Gasteiger partial charge in [-0.3, -0.25) is 4.79 Å². The number of rotatable bonds is 4. The standard InChI is InChI=1S/C19H18ClFN2O3S/c20-14-5-3-13(4-6-14)19(8-1-9-19)23-27(25,26)17-10-12-2-7-18(24)22-16(12)11-15(17)21/h3-6,10-11,23H,1-2,7-9H2,(H,22,24). The van der Waals surface area contributed by atoms with Crippen molar-refractivity contribution in [2.24, 2.45) is 0 Å². The Hall–Kier alpha value is -1.96. The van der Waals surface area contributed by atoms with Crippen LogP contribution in [-0.4, -0.2) is 14.3 Å². The number of benzene rings is 2. The van der Waals surface area contributed by atoms with E-state index in [4.69, 9.17) is 11.6 Å². The monoisotopic (exact) mass is 408 g/mol. The van der Waals surface area contributed by atoms with Crippen molar-refractivity contribution in [3.05, 3.63) is 58.4 Å². The molecule has 0 aromatic heterocycles. The zero-order valence-corrected chi connectivity index (χ0v) is 16.0. The van der Waals surface area contributed by atoms with Crippen LogP contribution in [0.25, 0.3) is 0 Å². The predicted molar refractivity (Wildman–Crippen MR) is 101 cm³/mol. The molecule has 1 heterocycles. The molecule has 1 aliphatic carbocycles. The fourth-order valence-corrected chi connectivity index (χ4v) is 5.33. The largest absolute Gasteiger partial charge is 0.326 e. The molecule has 1 amide bonds. The van der Waals surface area contributed by atoms with Crippen LogP contribution in [0.2, 0.25) is 5.02 Å². The highest BCUT2D eigenvalue weighted by Gasteiger charge is 2.43. The highest BCUT2D eigenvalue weighted by atomic mass is 35.5. The number of hydrogen-bond acceptors (Lipinski definition) is 3. The van der Waals surface area contributed by atoms with Crippen molar-refractivity contribution in [2.75, 3.05) is 5.32 Å². The van der Waals surface area contributed by atoms with Gasteiger partial charge in [-0.05, 0) is 61.1 Å². The van der Waals surface area contributed by atoms with Gasteiger partial charge in [-0.15, -0.1) is 0 Å². The average molecular weight is 409 g/mol. The van der Waals surface area contributed by atoms with Gasteiger partial charge in [0.2, 0.25) is 15.9 Å². The minimum absolute atomic E-state index is 0.202. The van der Waals surface area contributed by atoms with Crippen LogP contribution in [0.4, 0.5) is 10.1 Å². The van der Waals surface area contributed by atoms with Gasteiger partial charge in [0.15, 0.2) is 0 Å². The Bertz CT molecular complexity index is 1020. The van der Waals surface area contributed by atoms with Crippen LogP contribution in [0.1, 0.15) is 36.8 Å². The molecule has 142 valence electrons. The van der Waals surface area contributed by atoms with Crippen LogP contribution >= 0.6 is 11.6 Å². The highest BCUT2D eigenvalue weighted by molar-refractivity contribution is 7.89. The molecule has 1 fully saturated rings. The van der Waals surface area contributed by atoms with Gasteiger partial charge in [0.1, 0.15) is 10.7 Å². The molecule has 1 saturated carbocycles. The van der Waals surface area contributed by atoms with E-state index in [1.807, 2.05) is 0 Å². The molecule has 2 aliphatic rings. The second-order valence-electron chi connectivity index (χ2n) is 7.04. The molecule has 27 heavy (non-hydrogen) atoms. The Labute approximate surface area is 162 Å². The molecule has 0 bridgehead atoms. The third-order valence-electron chi connectivity index (χ3n) is 5.28. The van der Waals surface area contributed by atoms with E-state index in [9.17, 15) is 17.6 Å². The molecule has 0 atom stereocenters. The molecule has 2 aromatic rings. The first-order valence-corrected chi connectivity index (χ1v) is 10.6. The van der Waals surface area contributed by atoms with Gasteiger partial charge in [0.05, 0.1) is 5.54 Å². The Kier molecular flexibility index (Phi) is 4.49. The number of hydrogen-bond donors (Lipinski definition) is 2. The van der Waals surface area contributed by atoms with Crippen LogP contribution in [0.3, 0.4) is 0 Å². The van der Waals surface area contributed by atoms with Crippen LogP contribution in [0, 0.1) is 5.82 Å². The first kappa shape index (κ1) is 18.4. The topological polar surface area (TPSA) is 75.3 Å².